The number of allylic oxidation sites excluding steroid dienone is 2. The number of benzene rings is 1. The fourth-order valence-electron chi connectivity index (χ4n) is 5.81. The summed E-state index contributed by atoms with van der Waals surface area (Å²) in [7, 11) is 0. The van der Waals surface area contributed by atoms with Gasteiger partial charge in [-0.05, 0) is 94.2 Å². The molecule has 1 aromatic heterocycles. The third kappa shape index (κ3) is 7.81. The molecule has 5 N–H and O–H groups in total. The fourth-order valence-corrected chi connectivity index (χ4v) is 5.98. The van der Waals surface area contributed by atoms with Gasteiger partial charge in [0.15, 0.2) is 0 Å². The number of aliphatic carboxylic acids is 1. The predicted octanol–water partition coefficient (Wildman–Crippen LogP) is 6.74. The number of anilines is 1. The Morgan fingerprint density at radius 3 is 2.52 bits per heavy atom. The van der Waals surface area contributed by atoms with E-state index in [4.69, 9.17) is 37.6 Å². The average molecular weight is 609 g/mol. The molecule has 2 aliphatic rings. The Balaban J connectivity index is 1.67. The van der Waals surface area contributed by atoms with E-state index >= 15 is 0 Å². The van der Waals surface area contributed by atoms with Gasteiger partial charge in [-0.25, -0.2) is 4.98 Å². The van der Waals surface area contributed by atoms with E-state index in [2.05, 4.69) is 9.97 Å². The van der Waals surface area contributed by atoms with E-state index in [9.17, 15) is 18.0 Å². The molecule has 0 saturated carbocycles. The molecule has 0 saturated heterocycles. The van der Waals surface area contributed by atoms with Crippen molar-refractivity contribution in [3.05, 3.63) is 58.3 Å². The summed E-state index contributed by atoms with van der Waals surface area (Å²) in [5, 5.41) is 9.38. The number of hydrogen-bond acceptors (Lipinski definition) is 7. The maximum absolute atomic E-state index is 14.7. The summed E-state index contributed by atoms with van der Waals surface area (Å²) >= 11 is 6.28. The van der Waals surface area contributed by atoms with Crippen LogP contribution in [0.3, 0.4) is 0 Å². The minimum absolute atomic E-state index is 0.0714. The Labute approximate surface area is 247 Å². The summed E-state index contributed by atoms with van der Waals surface area (Å²) < 4.78 is 55.7. The van der Waals surface area contributed by atoms with Crippen molar-refractivity contribution >= 4 is 34.7 Å². The van der Waals surface area contributed by atoms with Crippen LogP contribution >= 0.6 is 11.6 Å². The number of ether oxygens (including phenoxy) is 2. The van der Waals surface area contributed by atoms with Crippen LogP contribution < -0.4 is 16.2 Å². The molecule has 2 heterocycles. The first-order valence-corrected chi connectivity index (χ1v) is 14.1. The topological polar surface area (TPSA) is 134 Å². The Morgan fingerprint density at radius 1 is 1.21 bits per heavy atom. The van der Waals surface area contributed by atoms with Gasteiger partial charge in [0.25, 0.3) is 0 Å². The molecule has 0 radical (unpaired) electrons. The molecule has 1 aliphatic heterocycles. The molecular weight excluding hydrogens is 573 g/mol. The van der Waals surface area contributed by atoms with Crippen molar-refractivity contribution in [2.75, 3.05) is 5.73 Å². The van der Waals surface area contributed by atoms with Crippen LogP contribution in [-0.2, 0) is 9.53 Å². The maximum atomic E-state index is 14.7. The van der Waals surface area contributed by atoms with E-state index in [0.717, 1.165) is 5.57 Å². The van der Waals surface area contributed by atoms with E-state index in [1.807, 2.05) is 39.8 Å². The highest BCUT2D eigenvalue weighted by atomic mass is 35.5. The van der Waals surface area contributed by atoms with Crippen LogP contribution in [-0.4, -0.2) is 44.5 Å². The number of carboxylic acids is 1. The first-order valence-electron chi connectivity index (χ1n) is 13.7. The normalized spacial score (nSPS) is 21.6. The molecular formula is C30H36ClF3N4O4. The lowest BCUT2D eigenvalue weighted by molar-refractivity contribution is -0.198. The molecule has 8 nitrogen and oxygen atoms in total. The van der Waals surface area contributed by atoms with Crippen molar-refractivity contribution in [1.82, 2.24) is 9.97 Å². The van der Waals surface area contributed by atoms with Gasteiger partial charge in [0.1, 0.15) is 6.04 Å². The Hall–Kier alpha value is -3.15. The molecule has 2 aromatic rings. The van der Waals surface area contributed by atoms with Crippen LogP contribution in [0.15, 0.2) is 36.4 Å². The average Bonchev–Trinajstić information content (AvgIpc) is 2.85. The number of carboxylic acid groups (broad SMARTS) is 1. The summed E-state index contributed by atoms with van der Waals surface area (Å²) in [4.78, 5) is 19.3. The van der Waals surface area contributed by atoms with Crippen molar-refractivity contribution < 1.29 is 32.5 Å². The number of hydrogen-bond donors (Lipinski definition) is 3. The molecule has 0 amide bonds. The lowest BCUT2D eigenvalue weighted by Crippen LogP contribution is -2.40. The molecule has 3 atom stereocenters. The Bertz CT molecular complexity index is 1410. The summed E-state index contributed by atoms with van der Waals surface area (Å²) in [5.41, 5.74) is 12.2. The van der Waals surface area contributed by atoms with Crippen LogP contribution in [0.1, 0.15) is 82.7 Å². The fraction of sp³-hybridized carbons (Fsp3) is 0.500. The summed E-state index contributed by atoms with van der Waals surface area (Å²) in [6.45, 7) is 7.47. The summed E-state index contributed by atoms with van der Waals surface area (Å²) in [5.74, 6) is -1.54. The second kappa shape index (κ2) is 11.9. The molecule has 1 aliphatic carbocycles. The molecule has 1 aromatic carbocycles. The molecule has 228 valence electrons. The van der Waals surface area contributed by atoms with Crippen LogP contribution in [0.4, 0.5) is 19.1 Å². The van der Waals surface area contributed by atoms with E-state index in [1.165, 1.54) is 24.3 Å². The second-order valence-electron chi connectivity index (χ2n) is 12.1. The zero-order valence-corrected chi connectivity index (χ0v) is 24.7. The smallest absolute Gasteiger partial charge is 0.429 e. The van der Waals surface area contributed by atoms with Crippen molar-refractivity contribution in [2.24, 2.45) is 11.7 Å². The second-order valence-corrected chi connectivity index (χ2v) is 12.5. The number of carbonyl (C=O) groups is 1. The molecule has 0 spiro atoms. The largest absolute Gasteiger partial charge is 0.480 e. The van der Waals surface area contributed by atoms with Gasteiger partial charge in [-0.2, -0.15) is 18.2 Å². The zero-order chi connectivity index (χ0) is 31.0. The first-order chi connectivity index (χ1) is 19.4. The third-order valence-electron chi connectivity index (χ3n) is 7.33. The van der Waals surface area contributed by atoms with E-state index in [0.29, 0.717) is 48.9 Å². The van der Waals surface area contributed by atoms with Crippen LogP contribution in [0.2, 0.25) is 5.02 Å². The van der Waals surface area contributed by atoms with Crippen molar-refractivity contribution in [1.29, 1.82) is 0 Å². The van der Waals surface area contributed by atoms with Gasteiger partial charge < -0.3 is 26.0 Å². The van der Waals surface area contributed by atoms with Gasteiger partial charge in [0, 0.05) is 23.1 Å². The minimum Gasteiger partial charge on any atom is -0.480 e. The van der Waals surface area contributed by atoms with Gasteiger partial charge in [-0.15, -0.1) is 0 Å². The first kappa shape index (κ1) is 31.8. The van der Waals surface area contributed by atoms with E-state index < -0.39 is 35.5 Å². The maximum Gasteiger partial charge on any atom is 0.429 e. The van der Waals surface area contributed by atoms with Gasteiger partial charge in [0.05, 0.1) is 16.9 Å². The highest BCUT2D eigenvalue weighted by Crippen LogP contribution is 2.45. The van der Waals surface area contributed by atoms with E-state index in [1.54, 1.807) is 0 Å². The van der Waals surface area contributed by atoms with Gasteiger partial charge in [-0.1, -0.05) is 23.7 Å². The zero-order valence-electron chi connectivity index (χ0n) is 24.0. The van der Waals surface area contributed by atoms with Gasteiger partial charge in [0.2, 0.25) is 17.9 Å². The highest BCUT2D eigenvalue weighted by molar-refractivity contribution is 6.30. The quantitative estimate of drug-likeness (QED) is 0.300. The number of nitrogens with two attached hydrogens (primary N) is 2. The number of alkyl halides is 3. The number of halogens is 4. The lowest BCUT2D eigenvalue weighted by atomic mass is 9.83. The molecule has 0 fully saturated rings. The SMILES string of the molecule is CC1(C)C=C(c2cc(Cl)ccc2[C@@H](Oc2cc(C3=CCC(C[C@H](N)C(=O)O)CC3)nc(N)n2)C(F)(F)F)CC(C)(C)O1. The Morgan fingerprint density at radius 2 is 1.93 bits per heavy atom. The van der Waals surface area contributed by atoms with Crippen LogP contribution in [0, 0.1) is 5.92 Å². The standard InChI is InChI=1S/C30H36ClF3N4O4/c1-28(2)14-18(15-29(3,4)42-28)21-12-19(31)9-10-20(21)25(30(32,33)34)41-24-13-23(37-27(36)38-24)17-7-5-16(6-8-17)11-22(35)26(39)40/h7,9-10,12-14,16,22,25H,5-6,8,11,15,35H2,1-4H3,(H,39,40)(H2,36,37,38)/t16?,22-,25+/m0/s1. The molecule has 42 heavy (non-hydrogen) atoms. The predicted molar refractivity (Wildman–Crippen MR) is 155 cm³/mol. The lowest BCUT2D eigenvalue weighted by Gasteiger charge is -2.40. The minimum atomic E-state index is -4.81. The Kier molecular flexibility index (Phi) is 8.97. The number of aromatic nitrogens is 2. The van der Waals surface area contributed by atoms with Gasteiger partial charge in [-0.3, -0.25) is 4.79 Å². The molecule has 1 unspecified atom stereocenters. The summed E-state index contributed by atoms with van der Waals surface area (Å²) in [6.07, 6.45) is -1.05. The van der Waals surface area contributed by atoms with Crippen molar-refractivity contribution in [2.45, 2.75) is 89.3 Å². The van der Waals surface area contributed by atoms with Crippen molar-refractivity contribution in [3.8, 4) is 5.88 Å². The molecule has 0 bridgehead atoms. The van der Waals surface area contributed by atoms with Crippen molar-refractivity contribution in [3.63, 3.8) is 0 Å². The molecule has 4 rings (SSSR count). The monoisotopic (exact) mass is 608 g/mol. The van der Waals surface area contributed by atoms with Gasteiger partial charge >= 0.3 is 12.1 Å². The number of nitrogen functional groups attached to an aromatic ring is 1. The molecule has 12 heteroatoms. The van der Waals surface area contributed by atoms with Crippen LogP contribution in [0.5, 0.6) is 5.88 Å². The number of nitrogens with zero attached hydrogens (tertiary/aromatic N) is 2. The number of rotatable bonds is 8. The third-order valence-corrected chi connectivity index (χ3v) is 7.57. The summed E-state index contributed by atoms with van der Waals surface area (Å²) in [6, 6.07) is 4.63. The van der Waals surface area contributed by atoms with E-state index in [-0.39, 0.29) is 28.3 Å². The highest BCUT2D eigenvalue weighted by Gasteiger charge is 2.46. The van der Waals surface area contributed by atoms with Crippen LogP contribution in [0.25, 0.3) is 11.1 Å².